The second kappa shape index (κ2) is 9.13. The summed E-state index contributed by atoms with van der Waals surface area (Å²) in [5.74, 6) is 0.423. The molecule has 0 spiro atoms. The van der Waals surface area contributed by atoms with E-state index in [-0.39, 0.29) is 12.1 Å². The third-order valence-corrected chi connectivity index (χ3v) is 4.68. The minimum atomic E-state index is -0.363. The topological polar surface area (TPSA) is 62.8 Å². The van der Waals surface area contributed by atoms with E-state index in [2.05, 4.69) is 15.7 Å². The van der Waals surface area contributed by atoms with Gasteiger partial charge >= 0.3 is 5.97 Å². The van der Waals surface area contributed by atoms with Crippen molar-refractivity contribution >= 4 is 5.97 Å². The lowest BCUT2D eigenvalue weighted by molar-refractivity contribution is -0.0512. The van der Waals surface area contributed by atoms with E-state index in [0.29, 0.717) is 12.1 Å². The number of morpholine rings is 1. The number of hydrogen-bond donors (Lipinski definition) is 2. The van der Waals surface area contributed by atoms with Gasteiger partial charge in [0.05, 0.1) is 24.8 Å². The molecule has 2 N–H and O–H groups in total. The standard InChI is InChI=1S/C18H27N3O3/c22-18(16-4-2-1-3-5-16)24-20-12-17-14-21(10-11-23-17)13-15-6-8-19-9-7-15/h1-5,15,17,19-20H,6-14H2. The fourth-order valence-electron chi connectivity index (χ4n) is 3.33. The molecule has 2 aliphatic heterocycles. The lowest BCUT2D eigenvalue weighted by Gasteiger charge is -2.36. The van der Waals surface area contributed by atoms with E-state index in [9.17, 15) is 4.79 Å². The zero-order valence-corrected chi connectivity index (χ0v) is 14.1. The van der Waals surface area contributed by atoms with Gasteiger partial charge in [-0.05, 0) is 44.0 Å². The Kier molecular flexibility index (Phi) is 6.60. The Morgan fingerprint density at radius 2 is 2.08 bits per heavy atom. The summed E-state index contributed by atoms with van der Waals surface area (Å²) >= 11 is 0. The summed E-state index contributed by atoms with van der Waals surface area (Å²) < 4.78 is 5.78. The molecule has 0 aromatic heterocycles. The van der Waals surface area contributed by atoms with Crippen molar-refractivity contribution in [3.63, 3.8) is 0 Å². The van der Waals surface area contributed by atoms with Crippen LogP contribution in [0.1, 0.15) is 23.2 Å². The number of ether oxygens (including phenoxy) is 1. The van der Waals surface area contributed by atoms with Crippen LogP contribution < -0.4 is 10.8 Å². The second-order valence-electron chi connectivity index (χ2n) is 6.55. The normalized spacial score (nSPS) is 23.1. The second-order valence-corrected chi connectivity index (χ2v) is 6.55. The summed E-state index contributed by atoms with van der Waals surface area (Å²) in [4.78, 5) is 19.5. The SMILES string of the molecule is O=C(ONCC1CN(CC2CCNCC2)CCO1)c1ccccc1. The van der Waals surface area contributed by atoms with Gasteiger partial charge in [-0.1, -0.05) is 18.2 Å². The van der Waals surface area contributed by atoms with E-state index in [1.807, 2.05) is 18.2 Å². The highest BCUT2D eigenvalue weighted by Crippen LogP contribution is 2.15. The number of rotatable bonds is 6. The first-order chi connectivity index (χ1) is 11.8. The van der Waals surface area contributed by atoms with Crippen LogP contribution in [0.2, 0.25) is 0 Å². The molecule has 1 aromatic carbocycles. The van der Waals surface area contributed by atoms with Crippen molar-refractivity contribution in [3.8, 4) is 0 Å². The summed E-state index contributed by atoms with van der Waals surface area (Å²) in [5.41, 5.74) is 3.31. The van der Waals surface area contributed by atoms with Crippen LogP contribution in [-0.4, -0.2) is 62.8 Å². The zero-order chi connectivity index (χ0) is 16.6. The van der Waals surface area contributed by atoms with Crippen molar-refractivity contribution < 1.29 is 14.4 Å². The number of piperidine rings is 1. The monoisotopic (exact) mass is 333 g/mol. The van der Waals surface area contributed by atoms with Gasteiger partial charge in [0.15, 0.2) is 0 Å². The van der Waals surface area contributed by atoms with Crippen molar-refractivity contribution in [1.82, 2.24) is 15.7 Å². The number of nitrogens with zero attached hydrogens (tertiary/aromatic N) is 1. The molecule has 24 heavy (non-hydrogen) atoms. The average molecular weight is 333 g/mol. The van der Waals surface area contributed by atoms with Crippen LogP contribution in [0.15, 0.2) is 30.3 Å². The molecule has 132 valence electrons. The van der Waals surface area contributed by atoms with Crippen LogP contribution in [0, 0.1) is 5.92 Å². The van der Waals surface area contributed by atoms with E-state index in [0.717, 1.165) is 45.2 Å². The highest BCUT2D eigenvalue weighted by molar-refractivity contribution is 5.89. The Balaban J connectivity index is 1.36. The largest absolute Gasteiger partial charge is 0.374 e. The van der Waals surface area contributed by atoms with Crippen LogP contribution in [0.3, 0.4) is 0 Å². The summed E-state index contributed by atoms with van der Waals surface area (Å²) in [7, 11) is 0. The van der Waals surface area contributed by atoms with Crippen molar-refractivity contribution in [2.75, 3.05) is 45.9 Å². The maximum absolute atomic E-state index is 11.9. The van der Waals surface area contributed by atoms with Gasteiger partial charge in [-0.25, -0.2) is 4.79 Å². The molecule has 2 fully saturated rings. The quantitative estimate of drug-likeness (QED) is 0.759. The van der Waals surface area contributed by atoms with Gasteiger partial charge in [0, 0.05) is 19.6 Å². The first kappa shape index (κ1) is 17.4. The lowest BCUT2D eigenvalue weighted by Crippen LogP contribution is -2.49. The lowest BCUT2D eigenvalue weighted by atomic mass is 9.97. The van der Waals surface area contributed by atoms with E-state index in [1.165, 1.54) is 12.8 Å². The van der Waals surface area contributed by atoms with Crippen LogP contribution in [0.25, 0.3) is 0 Å². The molecule has 2 saturated heterocycles. The molecule has 1 atom stereocenters. The summed E-state index contributed by atoms with van der Waals surface area (Å²) in [5, 5.41) is 3.41. The van der Waals surface area contributed by atoms with Crippen molar-refractivity contribution in [3.05, 3.63) is 35.9 Å². The highest BCUT2D eigenvalue weighted by Gasteiger charge is 2.24. The van der Waals surface area contributed by atoms with Gasteiger partial charge in [-0.3, -0.25) is 4.90 Å². The van der Waals surface area contributed by atoms with Crippen molar-refractivity contribution in [2.45, 2.75) is 18.9 Å². The molecule has 1 aromatic rings. The molecule has 3 rings (SSSR count). The molecule has 2 heterocycles. The van der Waals surface area contributed by atoms with E-state index in [1.54, 1.807) is 12.1 Å². The van der Waals surface area contributed by atoms with Gasteiger partial charge in [0.1, 0.15) is 0 Å². The van der Waals surface area contributed by atoms with Gasteiger partial charge in [0.2, 0.25) is 0 Å². The Morgan fingerprint density at radius 3 is 2.88 bits per heavy atom. The molecule has 0 bridgehead atoms. The molecule has 2 aliphatic rings. The maximum Gasteiger partial charge on any atom is 0.356 e. The van der Waals surface area contributed by atoms with Crippen LogP contribution in [0.4, 0.5) is 0 Å². The Labute approximate surface area is 143 Å². The predicted octanol–water partition coefficient (Wildman–Crippen LogP) is 1.05. The number of carbonyl (C=O) groups excluding carboxylic acids is 1. The maximum atomic E-state index is 11.9. The average Bonchev–Trinajstić information content (AvgIpc) is 2.63. The fourth-order valence-corrected chi connectivity index (χ4v) is 3.33. The van der Waals surface area contributed by atoms with Gasteiger partial charge in [-0.15, -0.1) is 0 Å². The van der Waals surface area contributed by atoms with Gasteiger partial charge in [0.25, 0.3) is 0 Å². The van der Waals surface area contributed by atoms with E-state index >= 15 is 0 Å². The summed E-state index contributed by atoms with van der Waals surface area (Å²) in [6, 6.07) is 8.99. The molecule has 0 aliphatic carbocycles. The minimum absolute atomic E-state index is 0.0593. The summed E-state index contributed by atoms with van der Waals surface area (Å²) in [6.07, 6.45) is 2.58. The van der Waals surface area contributed by atoms with Crippen LogP contribution in [-0.2, 0) is 9.57 Å². The predicted molar refractivity (Wildman–Crippen MR) is 91.6 cm³/mol. The summed E-state index contributed by atoms with van der Waals surface area (Å²) in [6.45, 7) is 6.55. The smallest absolute Gasteiger partial charge is 0.356 e. The third kappa shape index (κ3) is 5.27. The molecular formula is C18H27N3O3. The molecule has 0 saturated carbocycles. The molecule has 0 radical (unpaired) electrons. The Bertz CT molecular complexity index is 505. The molecule has 0 amide bonds. The van der Waals surface area contributed by atoms with Crippen molar-refractivity contribution in [2.24, 2.45) is 5.92 Å². The number of hydroxylamine groups is 1. The number of carbonyl (C=O) groups is 1. The fraction of sp³-hybridized carbons (Fsp3) is 0.611. The molecule has 6 nitrogen and oxygen atoms in total. The number of nitrogens with one attached hydrogen (secondary N) is 2. The Morgan fingerprint density at radius 1 is 1.29 bits per heavy atom. The van der Waals surface area contributed by atoms with Gasteiger partial charge < -0.3 is 14.9 Å². The number of benzene rings is 1. The van der Waals surface area contributed by atoms with E-state index in [4.69, 9.17) is 9.57 Å². The highest BCUT2D eigenvalue weighted by atomic mass is 16.7. The number of hydrogen-bond acceptors (Lipinski definition) is 6. The molecule has 6 heteroatoms. The van der Waals surface area contributed by atoms with Crippen molar-refractivity contribution in [1.29, 1.82) is 0 Å². The first-order valence-corrected chi connectivity index (χ1v) is 8.85. The third-order valence-electron chi connectivity index (χ3n) is 4.68. The minimum Gasteiger partial charge on any atom is -0.374 e. The molecular weight excluding hydrogens is 306 g/mol. The first-order valence-electron chi connectivity index (χ1n) is 8.85. The van der Waals surface area contributed by atoms with Gasteiger partial charge in [-0.2, -0.15) is 5.48 Å². The van der Waals surface area contributed by atoms with Crippen LogP contribution in [0.5, 0.6) is 0 Å². The van der Waals surface area contributed by atoms with Crippen LogP contribution >= 0.6 is 0 Å². The van der Waals surface area contributed by atoms with E-state index < -0.39 is 0 Å². The molecule has 1 unspecified atom stereocenters. The Hall–Kier alpha value is -1.47. The zero-order valence-electron chi connectivity index (χ0n) is 14.1.